The molecule has 0 aromatic heterocycles. The lowest BCUT2D eigenvalue weighted by Gasteiger charge is -2.11. The normalized spacial score (nSPS) is 25.2. The quantitative estimate of drug-likeness (QED) is 0.566. The van der Waals surface area contributed by atoms with Crippen molar-refractivity contribution in [2.75, 3.05) is 20.6 Å². The molecule has 4 heteroatoms. The van der Waals surface area contributed by atoms with Crippen LogP contribution in [0.2, 0.25) is 0 Å². The average Bonchev–Trinajstić information content (AvgIpc) is 2.13. The third-order valence-electron chi connectivity index (χ3n) is 1.12. The first kappa shape index (κ1) is 7.88. The van der Waals surface area contributed by atoms with Gasteiger partial charge in [0, 0.05) is 19.3 Å². The molecule has 1 heterocycles. The monoisotopic (exact) mass is 159 g/mol. The number of aliphatic imine (C=N–C) groups is 1. The molecule has 0 aromatic rings. The largest absolute Gasteiger partial charge is 0.298 e. The van der Waals surface area contributed by atoms with E-state index >= 15 is 0 Å². The molecule has 1 aliphatic heterocycles. The van der Waals surface area contributed by atoms with E-state index in [-0.39, 0.29) is 0 Å². The predicted molar refractivity (Wildman–Crippen MR) is 46.2 cm³/mol. The number of rotatable bonds is 1. The lowest BCUT2D eigenvalue weighted by Crippen LogP contribution is -2.33. The molecule has 0 aliphatic carbocycles. The van der Waals surface area contributed by atoms with Gasteiger partial charge >= 0.3 is 0 Å². The van der Waals surface area contributed by atoms with Gasteiger partial charge in [0.05, 0.1) is 6.54 Å². The molecule has 0 fully saturated rings. The Balaban J connectivity index is 2.30. The number of hydrazine groups is 1. The van der Waals surface area contributed by atoms with Crippen LogP contribution in [0.3, 0.4) is 0 Å². The minimum Gasteiger partial charge on any atom is -0.298 e. The van der Waals surface area contributed by atoms with Crippen LogP contribution in [0.15, 0.2) is 4.99 Å². The van der Waals surface area contributed by atoms with Crippen molar-refractivity contribution in [2.24, 2.45) is 4.99 Å². The highest BCUT2D eigenvalue weighted by Gasteiger charge is 2.14. The Hall–Kier alpha value is -0.220. The van der Waals surface area contributed by atoms with Gasteiger partial charge in [0.25, 0.3) is 0 Å². The molecule has 0 saturated carbocycles. The molecule has 0 amide bonds. The highest BCUT2D eigenvalue weighted by Crippen LogP contribution is 2.18. The van der Waals surface area contributed by atoms with Crippen molar-refractivity contribution in [3.63, 3.8) is 0 Å². The van der Waals surface area contributed by atoms with E-state index in [9.17, 15) is 0 Å². The molecule has 10 heavy (non-hydrogen) atoms. The fourth-order valence-corrected chi connectivity index (χ4v) is 1.64. The van der Waals surface area contributed by atoms with Gasteiger partial charge in [-0.25, -0.2) is 5.01 Å². The van der Waals surface area contributed by atoms with Gasteiger partial charge in [0.1, 0.15) is 0 Å². The van der Waals surface area contributed by atoms with Gasteiger partial charge in [0.15, 0.2) is 5.17 Å². The number of amidine groups is 1. The van der Waals surface area contributed by atoms with Gasteiger partial charge in [0.2, 0.25) is 0 Å². The number of nitrogens with one attached hydrogen (secondary N) is 1. The first-order valence-electron chi connectivity index (χ1n) is 3.33. The van der Waals surface area contributed by atoms with Crippen molar-refractivity contribution in [2.45, 2.75) is 12.2 Å². The molecule has 0 aromatic carbocycles. The fraction of sp³-hybridized carbons (Fsp3) is 0.833. The first-order chi connectivity index (χ1) is 4.68. The summed E-state index contributed by atoms with van der Waals surface area (Å²) in [5.74, 6) is 0. The molecule has 1 atom stereocenters. The van der Waals surface area contributed by atoms with Gasteiger partial charge < -0.3 is 0 Å². The van der Waals surface area contributed by atoms with Crippen LogP contribution in [0.25, 0.3) is 0 Å². The summed E-state index contributed by atoms with van der Waals surface area (Å²) < 4.78 is 0. The summed E-state index contributed by atoms with van der Waals surface area (Å²) >= 11 is 1.79. The summed E-state index contributed by atoms with van der Waals surface area (Å²) in [7, 11) is 3.93. The van der Waals surface area contributed by atoms with E-state index in [2.05, 4.69) is 17.3 Å². The Kier molecular flexibility index (Phi) is 2.56. The van der Waals surface area contributed by atoms with E-state index in [0.29, 0.717) is 5.25 Å². The second-order valence-corrected chi connectivity index (χ2v) is 4.01. The molecule has 3 nitrogen and oxygen atoms in total. The standard InChI is InChI=1S/C6H13N3S/c1-5-4-7-6(10-5)8-9(2)3/h5H,4H2,1-3H3,(H,7,8). The average molecular weight is 159 g/mol. The zero-order chi connectivity index (χ0) is 7.56. The Morgan fingerprint density at radius 2 is 2.40 bits per heavy atom. The number of thioether (sulfide) groups is 1. The highest BCUT2D eigenvalue weighted by atomic mass is 32.2. The molecular weight excluding hydrogens is 146 g/mol. The highest BCUT2D eigenvalue weighted by molar-refractivity contribution is 8.14. The van der Waals surface area contributed by atoms with E-state index < -0.39 is 0 Å². The lowest BCUT2D eigenvalue weighted by molar-refractivity contribution is 0.366. The first-order valence-corrected chi connectivity index (χ1v) is 4.21. The van der Waals surface area contributed by atoms with Crippen molar-refractivity contribution >= 4 is 16.9 Å². The van der Waals surface area contributed by atoms with E-state index in [1.54, 1.807) is 11.8 Å². The van der Waals surface area contributed by atoms with Gasteiger partial charge in [-0.1, -0.05) is 18.7 Å². The topological polar surface area (TPSA) is 27.6 Å². The molecule has 0 radical (unpaired) electrons. The van der Waals surface area contributed by atoms with Crippen molar-refractivity contribution in [3.8, 4) is 0 Å². The molecule has 1 N–H and O–H groups in total. The summed E-state index contributed by atoms with van der Waals surface area (Å²) in [6.07, 6.45) is 0. The maximum atomic E-state index is 4.28. The number of nitrogens with zero attached hydrogens (tertiary/aromatic N) is 2. The zero-order valence-electron chi connectivity index (χ0n) is 6.59. The van der Waals surface area contributed by atoms with E-state index in [4.69, 9.17) is 0 Å². The van der Waals surface area contributed by atoms with Crippen LogP contribution in [0, 0.1) is 0 Å². The molecule has 0 saturated heterocycles. The Morgan fingerprint density at radius 1 is 1.70 bits per heavy atom. The summed E-state index contributed by atoms with van der Waals surface area (Å²) in [4.78, 5) is 4.28. The van der Waals surface area contributed by atoms with Crippen LogP contribution < -0.4 is 5.43 Å². The van der Waals surface area contributed by atoms with Crippen LogP contribution in [0.1, 0.15) is 6.92 Å². The molecule has 1 unspecified atom stereocenters. The number of hydrogen-bond acceptors (Lipinski definition) is 4. The second-order valence-electron chi connectivity index (χ2n) is 2.58. The summed E-state index contributed by atoms with van der Waals surface area (Å²) in [6, 6.07) is 0. The molecule has 1 rings (SSSR count). The SMILES string of the molecule is CC1CN=C(NN(C)C)S1. The van der Waals surface area contributed by atoms with Crippen molar-refractivity contribution in [1.29, 1.82) is 0 Å². The summed E-state index contributed by atoms with van der Waals surface area (Å²) in [5.41, 5.74) is 3.12. The minimum atomic E-state index is 0.641. The molecule has 0 bridgehead atoms. The van der Waals surface area contributed by atoms with Crippen LogP contribution >= 0.6 is 11.8 Å². The third-order valence-corrected chi connectivity index (χ3v) is 2.12. The zero-order valence-corrected chi connectivity index (χ0v) is 7.40. The molecule has 0 spiro atoms. The van der Waals surface area contributed by atoms with Crippen LogP contribution in [0.4, 0.5) is 0 Å². The van der Waals surface area contributed by atoms with Gasteiger partial charge in [-0.15, -0.1) is 0 Å². The van der Waals surface area contributed by atoms with Gasteiger partial charge in [-0.3, -0.25) is 10.4 Å². The maximum Gasteiger partial charge on any atom is 0.171 e. The Labute approximate surface area is 65.9 Å². The Morgan fingerprint density at radius 3 is 2.80 bits per heavy atom. The number of hydrogen-bond donors (Lipinski definition) is 1. The minimum absolute atomic E-state index is 0.641. The van der Waals surface area contributed by atoms with Gasteiger partial charge in [-0.2, -0.15) is 0 Å². The maximum absolute atomic E-state index is 4.28. The van der Waals surface area contributed by atoms with E-state index in [1.807, 2.05) is 19.1 Å². The van der Waals surface area contributed by atoms with Crippen molar-refractivity contribution < 1.29 is 0 Å². The van der Waals surface area contributed by atoms with E-state index in [0.717, 1.165) is 11.7 Å². The van der Waals surface area contributed by atoms with Gasteiger partial charge in [-0.05, 0) is 0 Å². The van der Waals surface area contributed by atoms with Crippen LogP contribution in [-0.4, -0.2) is 36.1 Å². The summed E-state index contributed by atoms with van der Waals surface area (Å²) in [5, 5.41) is 3.59. The van der Waals surface area contributed by atoms with E-state index in [1.165, 1.54) is 0 Å². The van der Waals surface area contributed by atoms with Crippen LogP contribution in [0.5, 0.6) is 0 Å². The third kappa shape index (κ3) is 2.19. The fourth-order valence-electron chi connectivity index (χ4n) is 0.730. The summed E-state index contributed by atoms with van der Waals surface area (Å²) in [6.45, 7) is 3.12. The smallest absolute Gasteiger partial charge is 0.171 e. The molecular formula is C6H13N3S. The van der Waals surface area contributed by atoms with Crippen molar-refractivity contribution in [3.05, 3.63) is 0 Å². The predicted octanol–water partition coefficient (Wildman–Crippen LogP) is 0.544. The van der Waals surface area contributed by atoms with Crippen LogP contribution in [-0.2, 0) is 0 Å². The van der Waals surface area contributed by atoms with Crippen molar-refractivity contribution in [1.82, 2.24) is 10.4 Å². The molecule has 1 aliphatic rings. The molecule has 58 valence electrons. The lowest BCUT2D eigenvalue weighted by atomic mass is 10.5. The Bertz CT molecular complexity index is 144. The second kappa shape index (κ2) is 3.25.